The van der Waals surface area contributed by atoms with Gasteiger partial charge in [0.2, 0.25) is 0 Å². The first-order valence-corrected chi connectivity index (χ1v) is 4.34. The molecule has 0 spiro atoms. The fourth-order valence-electron chi connectivity index (χ4n) is 0.950. The summed E-state index contributed by atoms with van der Waals surface area (Å²) in [5.41, 5.74) is 0. The van der Waals surface area contributed by atoms with E-state index in [9.17, 15) is 9.59 Å². The van der Waals surface area contributed by atoms with Gasteiger partial charge in [0.25, 0.3) is 0 Å². The number of hydrogen-bond acceptors (Lipinski definition) is 4. The van der Waals surface area contributed by atoms with Crippen molar-refractivity contribution < 1.29 is 19.1 Å². The molecule has 1 aliphatic rings. The molecule has 0 unspecified atom stereocenters. The Bertz CT molecular complexity index is 204. The number of esters is 1. The van der Waals surface area contributed by atoms with Crippen molar-refractivity contribution in [3.05, 3.63) is 0 Å². The number of carbonyl (C=O) groups is 2. The van der Waals surface area contributed by atoms with E-state index in [1.165, 1.54) is 0 Å². The summed E-state index contributed by atoms with van der Waals surface area (Å²) in [6, 6.07) is -0.621. The fraction of sp³-hybridized carbons (Fsp3) is 0.750. The minimum absolute atomic E-state index is 0.199. The van der Waals surface area contributed by atoms with Crippen LogP contribution in [-0.2, 0) is 14.3 Å². The molecule has 1 rings (SSSR count). The van der Waals surface area contributed by atoms with E-state index in [1.54, 1.807) is 0 Å². The van der Waals surface area contributed by atoms with Crippen molar-refractivity contribution in [3.8, 4) is 0 Å². The molecule has 0 radical (unpaired) electrons. The molecule has 0 aromatic heterocycles. The van der Waals surface area contributed by atoms with Gasteiger partial charge in [-0.3, -0.25) is 0 Å². The Hall–Kier alpha value is -1.10. The summed E-state index contributed by atoms with van der Waals surface area (Å²) in [4.78, 5) is 21.4. The Kier molecular flexibility index (Phi) is 3.70. The maximum atomic E-state index is 10.9. The van der Waals surface area contributed by atoms with Gasteiger partial charge in [-0.15, -0.1) is 0 Å². The largest absolute Gasteiger partial charge is 0.415 e. The van der Waals surface area contributed by atoms with Gasteiger partial charge in [-0.1, -0.05) is 13.3 Å². The van der Waals surface area contributed by atoms with Gasteiger partial charge < -0.3 is 14.8 Å². The highest BCUT2D eigenvalue weighted by Gasteiger charge is 2.32. The highest BCUT2D eigenvalue weighted by Crippen LogP contribution is 2.01. The predicted octanol–water partition coefficient (Wildman–Crippen LogP) is 0.438. The number of rotatable bonds is 5. The Morgan fingerprint density at radius 2 is 2.31 bits per heavy atom. The number of unbranched alkanes of at least 4 members (excludes halogenated alkanes) is 1. The first-order valence-electron chi connectivity index (χ1n) is 4.34. The molecule has 0 aromatic carbocycles. The molecule has 1 heterocycles. The van der Waals surface area contributed by atoms with Crippen LogP contribution in [0.5, 0.6) is 0 Å². The minimum Gasteiger partial charge on any atom is -0.379 e. The lowest BCUT2D eigenvalue weighted by Gasteiger charge is -2.05. The molecule has 5 heteroatoms. The molecule has 1 N–H and O–H groups in total. The van der Waals surface area contributed by atoms with Gasteiger partial charge in [0, 0.05) is 6.61 Å². The summed E-state index contributed by atoms with van der Waals surface area (Å²) in [6.45, 7) is 2.86. The number of amides is 1. The molecule has 1 saturated heterocycles. The minimum atomic E-state index is -0.686. The molecule has 1 aliphatic heterocycles. The maximum Gasteiger partial charge on any atom is 0.415 e. The molecular formula is C8H13NO4. The second-order valence-corrected chi connectivity index (χ2v) is 2.83. The van der Waals surface area contributed by atoms with Crippen molar-refractivity contribution in [3.63, 3.8) is 0 Å². The summed E-state index contributed by atoms with van der Waals surface area (Å²) in [6.07, 6.45) is 1.31. The van der Waals surface area contributed by atoms with Gasteiger partial charge in [0.15, 0.2) is 6.04 Å². The first kappa shape index (κ1) is 9.98. The van der Waals surface area contributed by atoms with Crippen LogP contribution >= 0.6 is 0 Å². The van der Waals surface area contributed by atoms with Crippen LogP contribution in [0.2, 0.25) is 0 Å². The molecule has 0 saturated carbocycles. The normalized spacial score (nSPS) is 21.5. The van der Waals surface area contributed by atoms with E-state index >= 15 is 0 Å². The number of nitrogens with one attached hydrogen (secondary N) is 1. The average molecular weight is 187 g/mol. The lowest BCUT2D eigenvalue weighted by atomic mass is 10.3. The van der Waals surface area contributed by atoms with Crippen molar-refractivity contribution in [2.75, 3.05) is 13.2 Å². The third kappa shape index (κ3) is 3.02. The van der Waals surface area contributed by atoms with Gasteiger partial charge in [0.1, 0.15) is 0 Å². The molecule has 1 amide bonds. The van der Waals surface area contributed by atoms with E-state index in [-0.39, 0.29) is 6.61 Å². The van der Waals surface area contributed by atoms with Crippen molar-refractivity contribution in [2.24, 2.45) is 0 Å². The quantitative estimate of drug-likeness (QED) is 0.385. The third-order valence-electron chi connectivity index (χ3n) is 1.70. The molecule has 0 bridgehead atoms. The van der Waals surface area contributed by atoms with Crippen LogP contribution < -0.4 is 5.32 Å². The van der Waals surface area contributed by atoms with Gasteiger partial charge in [-0.05, 0) is 6.42 Å². The van der Waals surface area contributed by atoms with Crippen LogP contribution in [0.25, 0.3) is 0 Å². The van der Waals surface area contributed by atoms with Crippen molar-refractivity contribution in [1.29, 1.82) is 0 Å². The molecule has 0 aliphatic carbocycles. The number of carbonyl (C=O) groups excluding carboxylic acids is 2. The van der Waals surface area contributed by atoms with E-state index in [1.807, 2.05) is 0 Å². The zero-order chi connectivity index (χ0) is 9.68. The van der Waals surface area contributed by atoms with Crippen LogP contribution in [0.15, 0.2) is 0 Å². The summed E-state index contributed by atoms with van der Waals surface area (Å²) >= 11 is 0. The van der Waals surface area contributed by atoms with Crippen molar-refractivity contribution in [2.45, 2.75) is 25.8 Å². The zero-order valence-electron chi connectivity index (χ0n) is 7.54. The topological polar surface area (TPSA) is 64.6 Å². The molecule has 5 nitrogen and oxygen atoms in total. The zero-order valence-corrected chi connectivity index (χ0v) is 7.54. The number of hydrogen-bond donors (Lipinski definition) is 1. The van der Waals surface area contributed by atoms with E-state index in [0.29, 0.717) is 6.61 Å². The van der Waals surface area contributed by atoms with E-state index < -0.39 is 18.1 Å². The van der Waals surface area contributed by atoms with Crippen LogP contribution in [0, 0.1) is 0 Å². The smallest absolute Gasteiger partial charge is 0.379 e. The second kappa shape index (κ2) is 4.81. The summed E-state index contributed by atoms with van der Waals surface area (Å²) < 4.78 is 9.42. The van der Waals surface area contributed by atoms with Gasteiger partial charge in [-0.2, -0.15) is 0 Å². The Labute approximate surface area is 76.4 Å². The number of alkyl carbamates (subject to hydrolysis) is 1. The van der Waals surface area contributed by atoms with Gasteiger partial charge >= 0.3 is 12.1 Å². The lowest BCUT2D eigenvalue weighted by molar-refractivity contribution is -0.136. The van der Waals surface area contributed by atoms with Crippen molar-refractivity contribution in [1.82, 2.24) is 5.32 Å². The number of cyclic esters (lactones) is 2. The highest BCUT2D eigenvalue weighted by atomic mass is 16.6. The monoisotopic (exact) mass is 187 g/mol. The molecule has 1 atom stereocenters. The van der Waals surface area contributed by atoms with Crippen molar-refractivity contribution >= 4 is 12.1 Å². The molecule has 13 heavy (non-hydrogen) atoms. The SMILES string of the molecule is CCCCOC[C@@H]1NC(=O)OC1=O. The predicted molar refractivity (Wildman–Crippen MR) is 44.1 cm³/mol. The summed E-state index contributed by atoms with van der Waals surface area (Å²) in [5.74, 6) is -0.554. The second-order valence-electron chi connectivity index (χ2n) is 2.83. The fourth-order valence-corrected chi connectivity index (χ4v) is 0.950. The third-order valence-corrected chi connectivity index (χ3v) is 1.70. The van der Waals surface area contributed by atoms with Gasteiger partial charge in [-0.25, -0.2) is 9.59 Å². The Morgan fingerprint density at radius 1 is 1.54 bits per heavy atom. The Morgan fingerprint density at radius 3 is 2.85 bits per heavy atom. The molecule has 74 valence electrons. The van der Waals surface area contributed by atoms with E-state index in [2.05, 4.69) is 17.0 Å². The number of ether oxygens (including phenoxy) is 2. The Balaban J connectivity index is 2.14. The van der Waals surface area contributed by atoms with Crippen LogP contribution in [0.1, 0.15) is 19.8 Å². The molecule has 0 aromatic rings. The van der Waals surface area contributed by atoms with Gasteiger partial charge in [0.05, 0.1) is 6.61 Å². The highest BCUT2D eigenvalue weighted by molar-refractivity contribution is 5.95. The van der Waals surface area contributed by atoms with E-state index in [0.717, 1.165) is 12.8 Å². The van der Waals surface area contributed by atoms with E-state index in [4.69, 9.17) is 4.74 Å². The van der Waals surface area contributed by atoms with Crippen LogP contribution in [-0.4, -0.2) is 31.3 Å². The lowest BCUT2D eigenvalue weighted by Crippen LogP contribution is -2.33. The summed E-state index contributed by atoms with van der Waals surface area (Å²) in [7, 11) is 0. The van der Waals surface area contributed by atoms with Crippen LogP contribution in [0.4, 0.5) is 4.79 Å². The molecular weight excluding hydrogens is 174 g/mol. The first-order chi connectivity index (χ1) is 6.24. The summed E-state index contributed by atoms with van der Waals surface area (Å²) in [5, 5.41) is 2.34. The van der Waals surface area contributed by atoms with Crippen LogP contribution in [0.3, 0.4) is 0 Å². The molecule has 1 fully saturated rings. The standard InChI is InChI=1S/C8H13NO4/c1-2-3-4-12-5-6-7(10)13-8(11)9-6/h6H,2-5H2,1H3,(H,9,11)/t6-/m0/s1. The maximum absolute atomic E-state index is 10.9. The average Bonchev–Trinajstić information content (AvgIpc) is 2.39.